The lowest BCUT2D eigenvalue weighted by atomic mass is 9.59. The van der Waals surface area contributed by atoms with Crippen LogP contribution < -0.4 is 0 Å². The first-order valence-corrected chi connectivity index (χ1v) is 12.7. The molecular weight excluding hydrogens is 412 g/mol. The van der Waals surface area contributed by atoms with Gasteiger partial charge in [-0.05, 0) is 67.2 Å². The molecule has 4 heteroatoms. The van der Waals surface area contributed by atoms with Gasteiger partial charge in [0.2, 0.25) is 0 Å². The maximum Gasteiger partial charge on any atom is 0.338 e. The quantitative estimate of drug-likeness (QED) is 0.549. The first-order valence-electron chi connectivity index (χ1n) is 12.7. The molecule has 172 valence electrons. The topological polar surface area (TPSA) is 52.6 Å². The lowest BCUT2D eigenvalue weighted by Crippen LogP contribution is -2.50. The average Bonchev–Trinajstić information content (AvgIpc) is 3.40. The van der Waals surface area contributed by atoms with Crippen LogP contribution in [0, 0.1) is 35.5 Å². The largest absolute Gasteiger partial charge is 0.455 e. The number of carbonyl (C=O) groups excluding carboxylic acids is 2. The van der Waals surface area contributed by atoms with Crippen molar-refractivity contribution >= 4 is 11.9 Å². The highest BCUT2D eigenvalue weighted by molar-refractivity contribution is 5.90. The zero-order chi connectivity index (χ0) is 22.4. The molecule has 0 N–H and O–H groups in total. The van der Waals surface area contributed by atoms with Gasteiger partial charge in [-0.1, -0.05) is 62.1 Å². The van der Waals surface area contributed by atoms with Crippen LogP contribution in [0.2, 0.25) is 0 Å². The minimum absolute atomic E-state index is 0.295. The minimum atomic E-state index is -0.350. The van der Waals surface area contributed by atoms with Gasteiger partial charge in [0.25, 0.3) is 0 Å². The predicted molar refractivity (Wildman–Crippen MR) is 125 cm³/mol. The Balaban J connectivity index is 1.26. The van der Waals surface area contributed by atoms with Crippen molar-refractivity contribution in [3.63, 3.8) is 0 Å². The Kier molecular flexibility index (Phi) is 5.48. The van der Waals surface area contributed by atoms with Crippen molar-refractivity contribution in [2.75, 3.05) is 0 Å². The predicted octanol–water partition coefficient (Wildman–Crippen LogP) is 5.92. The third-order valence-electron chi connectivity index (χ3n) is 9.08. The second kappa shape index (κ2) is 8.62. The van der Waals surface area contributed by atoms with E-state index in [0.717, 1.165) is 18.3 Å². The number of ether oxygens (including phenoxy) is 2. The Morgan fingerprint density at radius 1 is 0.576 bits per heavy atom. The Hall–Kier alpha value is -2.62. The molecule has 4 aliphatic carbocycles. The molecule has 8 atom stereocenters. The van der Waals surface area contributed by atoms with Gasteiger partial charge in [-0.3, -0.25) is 0 Å². The zero-order valence-electron chi connectivity index (χ0n) is 19.0. The van der Waals surface area contributed by atoms with E-state index in [1.54, 1.807) is 24.3 Å². The van der Waals surface area contributed by atoms with Crippen LogP contribution in [-0.4, -0.2) is 24.1 Å². The standard InChI is InChI=1S/C29H32O4/c30-28(18-9-3-1-4-10-18)32-26-24-17-25(27(26)33-29(31)19-11-5-2-6-12-19)23-16-21-14-8-7-13-20(21)15-22(23)24/h1-6,9-12,20-27H,7-8,13-17H2. The highest BCUT2D eigenvalue weighted by Crippen LogP contribution is 2.62. The fourth-order valence-corrected chi connectivity index (χ4v) is 7.69. The molecule has 0 radical (unpaired) electrons. The molecular formula is C29H32O4. The van der Waals surface area contributed by atoms with E-state index in [0.29, 0.717) is 34.8 Å². The summed E-state index contributed by atoms with van der Waals surface area (Å²) in [7, 11) is 0. The Bertz CT molecular complexity index is 921. The molecule has 2 aromatic carbocycles. The van der Waals surface area contributed by atoms with E-state index >= 15 is 0 Å². The fraction of sp³-hybridized carbons (Fsp3) is 0.517. The van der Waals surface area contributed by atoms with E-state index in [1.807, 2.05) is 36.4 Å². The SMILES string of the molecule is O=C(OC1C2CC(C3CC4CCCCC4CC32)C1OC(=O)c1ccccc1)c1ccccc1. The lowest BCUT2D eigenvalue weighted by molar-refractivity contribution is -0.0994. The van der Waals surface area contributed by atoms with Gasteiger partial charge >= 0.3 is 11.9 Å². The van der Waals surface area contributed by atoms with Crippen molar-refractivity contribution < 1.29 is 19.1 Å². The Morgan fingerprint density at radius 2 is 1.00 bits per heavy atom. The molecule has 4 nitrogen and oxygen atoms in total. The molecule has 2 bridgehead atoms. The molecule has 6 rings (SSSR count). The molecule has 0 aliphatic heterocycles. The summed E-state index contributed by atoms with van der Waals surface area (Å²) in [4.78, 5) is 26.0. The smallest absolute Gasteiger partial charge is 0.338 e. The number of rotatable bonds is 4. The average molecular weight is 445 g/mol. The number of hydrogen-bond donors (Lipinski definition) is 0. The summed E-state index contributed by atoms with van der Waals surface area (Å²) >= 11 is 0. The third kappa shape index (κ3) is 3.78. The van der Waals surface area contributed by atoms with Crippen molar-refractivity contribution in [1.82, 2.24) is 0 Å². The monoisotopic (exact) mass is 444 g/mol. The number of carbonyl (C=O) groups is 2. The zero-order valence-corrected chi connectivity index (χ0v) is 19.0. The molecule has 33 heavy (non-hydrogen) atoms. The van der Waals surface area contributed by atoms with E-state index in [2.05, 4.69) is 0 Å². The van der Waals surface area contributed by atoms with Gasteiger partial charge in [0.15, 0.2) is 0 Å². The Morgan fingerprint density at radius 3 is 1.42 bits per heavy atom. The van der Waals surface area contributed by atoms with E-state index < -0.39 is 0 Å². The molecule has 4 saturated carbocycles. The molecule has 0 saturated heterocycles. The summed E-state index contributed by atoms with van der Waals surface area (Å²) in [5.74, 6) is 2.82. The third-order valence-corrected chi connectivity index (χ3v) is 9.08. The van der Waals surface area contributed by atoms with Crippen molar-refractivity contribution in [2.45, 2.75) is 57.2 Å². The number of benzene rings is 2. The highest BCUT2D eigenvalue weighted by Gasteiger charge is 2.63. The van der Waals surface area contributed by atoms with Gasteiger partial charge < -0.3 is 9.47 Å². The van der Waals surface area contributed by atoms with Crippen molar-refractivity contribution in [1.29, 1.82) is 0 Å². The minimum Gasteiger partial charge on any atom is -0.455 e. The van der Waals surface area contributed by atoms with Crippen LogP contribution in [0.25, 0.3) is 0 Å². The van der Waals surface area contributed by atoms with Crippen LogP contribution in [0.4, 0.5) is 0 Å². The summed E-state index contributed by atoms with van der Waals surface area (Å²) in [6, 6.07) is 18.4. The number of esters is 2. The van der Waals surface area contributed by atoms with Gasteiger partial charge in [0.1, 0.15) is 12.2 Å². The van der Waals surface area contributed by atoms with Crippen molar-refractivity contribution in [3.8, 4) is 0 Å². The van der Waals surface area contributed by atoms with E-state index in [9.17, 15) is 9.59 Å². The van der Waals surface area contributed by atoms with E-state index in [-0.39, 0.29) is 24.1 Å². The highest BCUT2D eigenvalue weighted by atomic mass is 16.6. The number of fused-ring (bicyclic) bond motifs is 6. The maximum absolute atomic E-state index is 13.0. The van der Waals surface area contributed by atoms with Crippen LogP contribution in [-0.2, 0) is 9.47 Å². The van der Waals surface area contributed by atoms with Crippen LogP contribution in [0.5, 0.6) is 0 Å². The van der Waals surface area contributed by atoms with Gasteiger partial charge in [0.05, 0.1) is 11.1 Å². The second-order valence-corrected chi connectivity index (χ2v) is 10.6. The van der Waals surface area contributed by atoms with Crippen molar-refractivity contribution in [3.05, 3.63) is 71.8 Å². The van der Waals surface area contributed by atoms with Crippen LogP contribution in [0.3, 0.4) is 0 Å². The lowest BCUT2D eigenvalue weighted by Gasteiger charge is -2.48. The van der Waals surface area contributed by atoms with Gasteiger partial charge in [-0.2, -0.15) is 0 Å². The summed E-state index contributed by atoms with van der Waals surface area (Å²) < 4.78 is 12.3. The molecule has 4 fully saturated rings. The Labute approximate surface area is 195 Å². The summed E-state index contributed by atoms with van der Waals surface area (Å²) in [5, 5.41) is 0. The van der Waals surface area contributed by atoms with Gasteiger partial charge in [0, 0.05) is 11.8 Å². The maximum atomic E-state index is 13.0. The molecule has 4 aliphatic rings. The molecule has 0 spiro atoms. The number of hydrogen-bond acceptors (Lipinski definition) is 4. The van der Waals surface area contributed by atoms with Crippen LogP contribution in [0.15, 0.2) is 60.7 Å². The summed E-state index contributed by atoms with van der Waals surface area (Å²) in [6.45, 7) is 0. The summed E-state index contributed by atoms with van der Waals surface area (Å²) in [6.07, 6.45) is 8.25. The van der Waals surface area contributed by atoms with Crippen molar-refractivity contribution in [2.24, 2.45) is 35.5 Å². The first-order chi connectivity index (χ1) is 16.2. The van der Waals surface area contributed by atoms with Crippen LogP contribution in [0.1, 0.15) is 65.7 Å². The second-order valence-electron chi connectivity index (χ2n) is 10.6. The molecule has 0 aromatic heterocycles. The molecule has 8 unspecified atom stereocenters. The van der Waals surface area contributed by atoms with Gasteiger partial charge in [-0.15, -0.1) is 0 Å². The molecule has 2 aromatic rings. The van der Waals surface area contributed by atoms with E-state index in [4.69, 9.17) is 9.47 Å². The summed E-state index contributed by atoms with van der Waals surface area (Å²) in [5.41, 5.74) is 1.11. The molecule has 0 amide bonds. The fourth-order valence-electron chi connectivity index (χ4n) is 7.69. The first kappa shape index (κ1) is 20.9. The van der Waals surface area contributed by atoms with Crippen LogP contribution >= 0.6 is 0 Å². The molecule has 0 heterocycles. The normalized spacial score (nSPS) is 36.5. The van der Waals surface area contributed by atoms with E-state index in [1.165, 1.54) is 38.5 Å². The van der Waals surface area contributed by atoms with Gasteiger partial charge in [-0.25, -0.2) is 9.59 Å².